The van der Waals surface area contributed by atoms with Gasteiger partial charge in [0.05, 0.1) is 17.3 Å². The van der Waals surface area contributed by atoms with Crippen LogP contribution in [0.2, 0.25) is 0 Å². The van der Waals surface area contributed by atoms with E-state index in [1.54, 1.807) is 12.3 Å². The van der Waals surface area contributed by atoms with Gasteiger partial charge in [0.2, 0.25) is 0 Å². The summed E-state index contributed by atoms with van der Waals surface area (Å²) in [6, 6.07) is 5.00. The Bertz CT molecular complexity index is 646. The van der Waals surface area contributed by atoms with Crippen LogP contribution >= 0.6 is 0 Å². The number of halogens is 1. The lowest BCUT2D eigenvalue weighted by Gasteiger charge is -2.36. The number of fused-ring (bicyclic) bond motifs is 1. The number of aliphatic hydroxyl groups is 1. The third kappa shape index (κ3) is 2.08. The van der Waals surface area contributed by atoms with Crippen LogP contribution in [0.3, 0.4) is 0 Å². The highest BCUT2D eigenvalue weighted by Crippen LogP contribution is 2.34. The molecule has 0 amide bonds. The number of aromatic nitrogens is 1. The first-order chi connectivity index (χ1) is 9.58. The molecule has 3 N–H and O–H groups in total. The molecule has 2 heterocycles. The molecule has 0 bridgehead atoms. The first-order valence-corrected chi connectivity index (χ1v) is 6.83. The maximum Gasteiger partial charge on any atom is 0.150 e. The summed E-state index contributed by atoms with van der Waals surface area (Å²) in [5.74, 6) is -0.239. The first-order valence-electron chi connectivity index (χ1n) is 6.83. The van der Waals surface area contributed by atoms with E-state index in [2.05, 4.69) is 4.98 Å². The van der Waals surface area contributed by atoms with Gasteiger partial charge in [0, 0.05) is 30.4 Å². The van der Waals surface area contributed by atoms with Gasteiger partial charge in [-0.1, -0.05) is 6.92 Å². The zero-order chi connectivity index (χ0) is 14.3. The van der Waals surface area contributed by atoms with E-state index in [0.717, 1.165) is 5.39 Å². The van der Waals surface area contributed by atoms with Crippen LogP contribution in [-0.2, 0) is 0 Å². The lowest BCUT2D eigenvalue weighted by Crippen LogP contribution is -2.42. The molecule has 106 valence electrons. The zero-order valence-corrected chi connectivity index (χ0v) is 11.4. The number of aliphatic hydroxyl groups excluding tert-OH is 1. The van der Waals surface area contributed by atoms with Crippen LogP contribution in [-0.4, -0.2) is 29.3 Å². The SMILES string of the molecule is CC1CN(c2c(F)cc(N)c3cccnc23)CCC1O. The van der Waals surface area contributed by atoms with E-state index >= 15 is 0 Å². The Balaban J connectivity index is 2.11. The molecule has 1 aromatic heterocycles. The number of anilines is 2. The third-order valence-corrected chi connectivity index (χ3v) is 4.03. The Kier molecular flexibility index (Phi) is 3.22. The minimum atomic E-state index is -0.350. The van der Waals surface area contributed by atoms with Crippen molar-refractivity contribution in [2.75, 3.05) is 23.7 Å². The Morgan fingerprint density at radius 2 is 2.30 bits per heavy atom. The second kappa shape index (κ2) is 4.90. The Morgan fingerprint density at radius 3 is 3.05 bits per heavy atom. The fourth-order valence-corrected chi connectivity index (χ4v) is 2.86. The second-order valence-electron chi connectivity index (χ2n) is 5.48. The minimum absolute atomic E-state index is 0.111. The number of nitrogens with zero attached hydrogens (tertiary/aromatic N) is 2. The molecule has 1 aliphatic heterocycles. The van der Waals surface area contributed by atoms with Crippen molar-refractivity contribution in [3.63, 3.8) is 0 Å². The van der Waals surface area contributed by atoms with Crippen molar-refractivity contribution in [2.24, 2.45) is 5.92 Å². The monoisotopic (exact) mass is 275 g/mol. The molecule has 1 aromatic carbocycles. The average molecular weight is 275 g/mol. The number of hydrogen-bond acceptors (Lipinski definition) is 4. The topological polar surface area (TPSA) is 62.4 Å². The lowest BCUT2D eigenvalue weighted by molar-refractivity contribution is 0.0969. The molecule has 2 atom stereocenters. The minimum Gasteiger partial charge on any atom is -0.398 e. The van der Waals surface area contributed by atoms with Gasteiger partial charge in [0.1, 0.15) is 0 Å². The molecule has 20 heavy (non-hydrogen) atoms. The van der Waals surface area contributed by atoms with Crippen LogP contribution in [0.1, 0.15) is 13.3 Å². The molecule has 0 aliphatic carbocycles. The number of piperidine rings is 1. The number of nitrogen functional groups attached to an aromatic ring is 1. The number of hydrogen-bond donors (Lipinski definition) is 2. The van der Waals surface area contributed by atoms with Gasteiger partial charge in [-0.25, -0.2) is 4.39 Å². The predicted molar refractivity (Wildman–Crippen MR) is 78.1 cm³/mol. The molecule has 4 nitrogen and oxygen atoms in total. The van der Waals surface area contributed by atoms with Crippen molar-refractivity contribution >= 4 is 22.3 Å². The summed E-state index contributed by atoms with van der Waals surface area (Å²) >= 11 is 0. The lowest BCUT2D eigenvalue weighted by atomic mass is 9.96. The molecule has 1 aliphatic rings. The second-order valence-corrected chi connectivity index (χ2v) is 5.48. The number of nitrogens with two attached hydrogens (primary N) is 1. The van der Waals surface area contributed by atoms with E-state index in [0.29, 0.717) is 36.4 Å². The molecule has 5 heteroatoms. The molecule has 2 aromatic rings. The van der Waals surface area contributed by atoms with Gasteiger partial charge in [-0.2, -0.15) is 0 Å². The van der Waals surface area contributed by atoms with Gasteiger partial charge in [0.15, 0.2) is 5.82 Å². The quantitative estimate of drug-likeness (QED) is 0.783. The number of benzene rings is 1. The molecule has 0 spiro atoms. The largest absolute Gasteiger partial charge is 0.398 e. The van der Waals surface area contributed by atoms with E-state index in [1.807, 2.05) is 17.9 Å². The van der Waals surface area contributed by atoms with E-state index in [1.165, 1.54) is 6.07 Å². The van der Waals surface area contributed by atoms with E-state index in [-0.39, 0.29) is 17.8 Å². The standard InChI is InChI=1S/C15H18FN3O/c1-9-8-19(6-4-13(9)20)15-11(16)7-12(17)10-3-2-5-18-14(10)15/h2-3,5,7,9,13,20H,4,6,8,17H2,1H3. The highest BCUT2D eigenvalue weighted by molar-refractivity contribution is 5.98. The average Bonchev–Trinajstić information content (AvgIpc) is 2.43. The molecular formula is C15H18FN3O. The van der Waals surface area contributed by atoms with Crippen molar-refractivity contribution in [3.05, 3.63) is 30.2 Å². The first kappa shape index (κ1) is 13.1. The van der Waals surface area contributed by atoms with Crippen molar-refractivity contribution in [1.82, 2.24) is 4.98 Å². The van der Waals surface area contributed by atoms with Crippen molar-refractivity contribution < 1.29 is 9.50 Å². The molecule has 2 unspecified atom stereocenters. The Hall–Kier alpha value is -1.88. The highest BCUT2D eigenvalue weighted by Gasteiger charge is 2.27. The summed E-state index contributed by atoms with van der Waals surface area (Å²) < 4.78 is 14.4. The molecule has 1 fully saturated rings. The van der Waals surface area contributed by atoms with Crippen LogP contribution < -0.4 is 10.6 Å². The molecule has 3 rings (SSSR count). The molecular weight excluding hydrogens is 257 g/mol. The van der Waals surface area contributed by atoms with Crippen LogP contribution in [0.15, 0.2) is 24.4 Å². The van der Waals surface area contributed by atoms with Crippen LogP contribution in [0.5, 0.6) is 0 Å². The van der Waals surface area contributed by atoms with E-state index < -0.39 is 0 Å². The van der Waals surface area contributed by atoms with Gasteiger partial charge in [-0.05, 0) is 30.5 Å². The zero-order valence-electron chi connectivity index (χ0n) is 11.4. The Morgan fingerprint density at radius 1 is 1.50 bits per heavy atom. The predicted octanol–water partition coefficient (Wildman–Crippen LogP) is 2.16. The summed E-state index contributed by atoms with van der Waals surface area (Å²) in [4.78, 5) is 6.26. The maximum absolute atomic E-state index is 14.4. The normalized spacial score (nSPS) is 23.2. The Labute approximate surface area is 117 Å². The van der Waals surface area contributed by atoms with Crippen molar-refractivity contribution in [1.29, 1.82) is 0 Å². The van der Waals surface area contributed by atoms with Crippen LogP contribution in [0, 0.1) is 11.7 Å². The van der Waals surface area contributed by atoms with Gasteiger partial charge in [-0.3, -0.25) is 4.98 Å². The summed E-state index contributed by atoms with van der Waals surface area (Å²) in [7, 11) is 0. The van der Waals surface area contributed by atoms with Gasteiger partial charge >= 0.3 is 0 Å². The maximum atomic E-state index is 14.4. The van der Waals surface area contributed by atoms with Crippen LogP contribution in [0.4, 0.5) is 15.8 Å². The molecule has 0 radical (unpaired) electrons. The van der Waals surface area contributed by atoms with E-state index in [9.17, 15) is 9.50 Å². The fraction of sp³-hybridized carbons (Fsp3) is 0.400. The van der Waals surface area contributed by atoms with Crippen molar-refractivity contribution in [3.8, 4) is 0 Å². The van der Waals surface area contributed by atoms with Crippen molar-refractivity contribution in [2.45, 2.75) is 19.4 Å². The van der Waals surface area contributed by atoms with Gasteiger partial charge in [-0.15, -0.1) is 0 Å². The fourth-order valence-electron chi connectivity index (χ4n) is 2.86. The van der Waals surface area contributed by atoms with Crippen LogP contribution in [0.25, 0.3) is 10.9 Å². The molecule has 0 saturated carbocycles. The summed E-state index contributed by atoms with van der Waals surface area (Å²) in [6.45, 7) is 3.22. The highest BCUT2D eigenvalue weighted by atomic mass is 19.1. The third-order valence-electron chi connectivity index (χ3n) is 4.03. The van der Waals surface area contributed by atoms with E-state index in [4.69, 9.17) is 5.73 Å². The smallest absolute Gasteiger partial charge is 0.150 e. The number of rotatable bonds is 1. The molecule has 1 saturated heterocycles. The summed E-state index contributed by atoms with van der Waals surface area (Å²) in [6.07, 6.45) is 1.97. The summed E-state index contributed by atoms with van der Waals surface area (Å²) in [5.41, 5.74) is 7.35. The number of pyridine rings is 1. The van der Waals surface area contributed by atoms with Gasteiger partial charge in [0.25, 0.3) is 0 Å². The van der Waals surface area contributed by atoms with Gasteiger partial charge < -0.3 is 15.7 Å². The summed E-state index contributed by atoms with van der Waals surface area (Å²) in [5, 5.41) is 10.6.